The standard InChI is InChI=1S/C84H61N15S/c1-2-22-50(23-3-1)82(100-72-40-19-12-29-56(72)57-32-20-38-66-75(57)90-83(88-66)80-84(89-65-37-17-16-36-64(65)87-80)98-48-54-27-5-4-24-51(54)46-70(98)76-55-28-9-6-21-49(55)43-44-85-76)74-60(41-42-67-78(74)96-97-94-67)77-81(59-31-11-14-34-62(59)86-77)99-69-39-18-8-26-53(69)47-71(99)79-73(58-30-10-15-35-63(58)92-95-79)68-45-52-25-7-13-33-61(52)91-93-68/h1-42,46,68,71,76,82,85-86H,43-45,47-48H2,(H,88,90)(H,94,96,97). The zero-order valence-electron chi connectivity index (χ0n) is 54.0. The Morgan fingerprint density at radius 1 is 0.530 bits per heavy atom. The molecule has 20 rings (SSSR count). The predicted octanol–water partition coefficient (Wildman–Crippen LogP) is 19.1. The number of nitrogens with zero attached hydrogens (tertiary/aromatic N) is 11. The maximum atomic E-state index is 5.65. The van der Waals surface area contributed by atoms with E-state index in [0.29, 0.717) is 30.9 Å². The molecule has 4 aliphatic rings. The van der Waals surface area contributed by atoms with Crippen molar-refractivity contribution in [3.63, 3.8) is 0 Å². The SMILES string of the molecule is C1=C(C2NCCc3ccccc32)N(c2nc3ccccc3nc2-c2nc3c(-c4ccccc4SC(c4ccccc4)c4c(-c5[nH]c6ccccc6c5N5c6ccccc6CC5c5nnc6ccccc6c5C5Cc6ccccc6N=N5)ccc5nn[nH]c45)cccc3[nH]2)Cc2ccccc21. The van der Waals surface area contributed by atoms with Gasteiger partial charge in [-0.15, -0.1) is 16.9 Å². The fraction of sp³-hybridized carbons (Fsp3) is 0.107. The summed E-state index contributed by atoms with van der Waals surface area (Å²) in [6.45, 7) is 1.46. The first-order chi connectivity index (χ1) is 49.6. The lowest BCUT2D eigenvalue weighted by Crippen LogP contribution is -2.39. The average molecular weight is 1310 g/mol. The molecule has 0 fully saturated rings. The molecular formula is C84H61N15S. The summed E-state index contributed by atoms with van der Waals surface area (Å²) >= 11 is 1.81. The normalized spacial score (nSPS) is 16.6. The largest absolute Gasteiger partial charge is 0.353 e. The molecule has 4 N–H and O–H groups in total. The van der Waals surface area contributed by atoms with Gasteiger partial charge in [-0.1, -0.05) is 205 Å². The minimum Gasteiger partial charge on any atom is -0.353 e. The van der Waals surface area contributed by atoms with Gasteiger partial charge < -0.3 is 25.1 Å². The van der Waals surface area contributed by atoms with Crippen LogP contribution in [-0.4, -0.2) is 57.1 Å². The molecule has 5 aromatic heterocycles. The first-order valence-corrected chi connectivity index (χ1v) is 35.0. The number of fused-ring (bicyclic) bond motifs is 9. The second-order valence-electron chi connectivity index (χ2n) is 26.2. The van der Waals surface area contributed by atoms with Gasteiger partial charge in [0.25, 0.3) is 0 Å². The lowest BCUT2D eigenvalue weighted by atomic mass is 9.89. The average Bonchev–Trinajstić information content (AvgIpc) is 1.52. The summed E-state index contributed by atoms with van der Waals surface area (Å²) in [5, 5.41) is 38.7. The van der Waals surface area contributed by atoms with Gasteiger partial charge in [-0.2, -0.15) is 20.4 Å². The van der Waals surface area contributed by atoms with Crippen LogP contribution in [0.25, 0.3) is 94.9 Å². The van der Waals surface area contributed by atoms with Crippen LogP contribution in [0.15, 0.2) is 276 Å². The molecule has 478 valence electrons. The number of thioether (sulfide) groups is 1. The number of imidazole rings is 1. The van der Waals surface area contributed by atoms with Gasteiger partial charge >= 0.3 is 0 Å². The summed E-state index contributed by atoms with van der Waals surface area (Å²) in [4.78, 5) is 30.6. The van der Waals surface area contributed by atoms with Gasteiger partial charge in [0.05, 0.1) is 79.7 Å². The number of para-hydroxylation sites is 5. The van der Waals surface area contributed by atoms with E-state index in [2.05, 4.69) is 254 Å². The van der Waals surface area contributed by atoms with Gasteiger partial charge in [-0.25, -0.2) is 15.0 Å². The van der Waals surface area contributed by atoms with Gasteiger partial charge in [-0.05, 0) is 112 Å². The molecule has 4 aliphatic heterocycles. The number of azo groups is 1. The van der Waals surface area contributed by atoms with Crippen molar-refractivity contribution >= 4 is 95.6 Å². The van der Waals surface area contributed by atoms with Crippen LogP contribution in [0.5, 0.6) is 0 Å². The van der Waals surface area contributed by atoms with Crippen molar-refractivity contribution in [2.45, 2.75) is 54.1 Å². The second kappa shape index (κ2) is 23.8. The fourth-order valence-corrected chi connectivity index (χ4v) is 17.3. The summed E-state index contributed by atoms with van der Waals surface area (Å²) in [6.07, 6.45) is 4.67. The Bertz CT molecular complexity index is 6010. The third-order valence-corrected chi connectivity index (χ3v) is 21.9. The highest BCUT2D eigenvalue weighted by Gasteiger charge is 2.41. The minimum absolute atomic E-state index is 0.0766. The van der Waals surface area contributed by atoms with Crippen molar-refractivity contribution in [3.05, 3.63) is 316 Å². The molecule has 0 bridgehead atoms. The van der Waals surface area contributed by atoms with Crippen molar-refractivity contribution in [1.29, 1.82) is 0 Å². The molecule has 15 nitrogen and oxygen atoms in total. The number of hydrogen-bond donors (Lipinski definition) is 4. The van der Waals surface area contributed by atoms with E-state index in [1.54, 1.807) is 11.8 Å². The molecule has 0 aliphatic carbocycles. The lowest BCUT2D eigenvalue weighted by Gasteiger charge is -2.38. The highest BCUT2D eigenvalue weighted by Crippen LogP contribution is 2.56. The monoisotopic (exact) mass is 1310 g/mol. The lowest BCUT2D eigenvalue weighted by molar-refractivity contribution is 0.544. The van der Waals surface area contributed by atoms with Gasteiger partial charge in [0, 0.05) is 74.2 Å². The highest BCUT2D eigenvalue weighted by molar-refractivity contribution is 8.00. The molecular weight excluding hydrogens is 1250 g/mol. The number of nitrogens with one attached hydrogen (secondary N) is 4. The van der Waals surface area contributed by atoms with E-state index in [1.807, 2.05) is 42.5 Å². The number of H-pyrrole nitrogens is 3. The van der Waals surface area contributed by atoms with Crippen molar-refractivity contribution in [3.8, 4) is 33.9 Å². The van der Waals surface area contributed by atoms with Crippen LogP contribution in [0.1, 0.15) is 79.1 Å². The molecule has 0 amide bonds. The first-order valence-electron chi connectivity index (χ1n) is 34.1. The Hall–Kier alpha value is -12.2. The van der Waals surface area contributed by atoms with Crippen LogP contribution in [-0.2, 0) is 25.8 Å². The van der Waals surface area contributed by atoms with Crippen LogP contribution in [0.4, 0.5) is 22.9 Å². The molecule has 16 heteroatoms. The van der Waals surface area contributed by atoms with E-state index in [-0.39, 0.29) is 23.4 Å². The van der Waals surface area contributed by atoms with Gasteiger partial charge in [0.15, 0.2) is 11.6 Å². The van der Waals surface area contributed by atoms with E-state index >= 15 is 0 Å². The van der Waals surface area contributed by atoms with Crippen LogP contribution >= 0.6 is 11.8 Å². The van der Waals surface area contributed by atoms with Gasteiger partial charge in [-0.3, -0.25) is 5.10 Å². The van der Waals surface area contributed by atoms with Crippen LogP contribution < -0.4 is 15.1 Å². The van der Waals surface area contributed by atoms with Gasteiger partial charge in [0.1, 0.15) is 17.3 Å². The third-order valence-electron chi connectivity index (χ3n) is 20.5. The van der Waals surface area contributed by atoms with Gasteiger partial charge in [0.2, 0.25) is 0 Å². The predicted molar refractivity (Wildman–Crippen MR) is 399 cm³/mol. The Balaban J connectivity index is 0.734. The summed E-state index contributed by atoms with van der Waals surface area (Å²) < 4.78 is 0. The Kier molecular flexibility index (Phi) is 13.8. The maximum Gasteiger partial charge on any atom is 0.163 e. The molecule has 4 atom stereocenters. The minimum atomic E-state index is -0.325. The third kappa shape index (κ3) is 9.64. The number of rotatable bonds is 12. The summed E-state index contributed by atoms with van der Waals surface area (Å²) in [6, 6.07) is 89.4. The van der Waals surface area contributed by atoms with Crippen molar-refractivity contribution in [1.82, 2.24) is 55.8 Å². The summed E-state index contributed by atoms with van der Waals surface area (Å²) in [5.41, 5.74) is 27.0. The van der Waals surface area contributed by atoms with Crippen molar-refractivity contribution < 1.29 is 0 Å². The van der Waals surface area contributed by atoms with Crippen molar-refractivity contribution in [2.75, 3.05) is 16.3 Å². The topological polar surface area (TPSA) is 181 Å². The van der Waals surface area contributed by atoms with E-state index in [9.17, 15) is 0 Å². The van der Waals surface area contributed by atoms with Crippen LogP contribution in [0.3, 0.4) is 0 Å². The Morgan fingerprint density at radius 3 is 2.17 bits per heavy atom. The zero-order chi connectivity index (χ0) is 65.8. The van der Waals surface area contributed by atoms with E-state index in [4.69, 9.17) is 40.5 Å². The summed E-state index contributed by atoms with van der Waals surface area (Å²) in [5.74, 6) is 1.37. The molecule has 0 saturated heterocycles. The number of aromatic nitrogens is 10. The zero-order valence-corrected chi connectivity index (χ0v) is 54.8. The number of aromatic amines is 3. The molecule has 0 saturated carbocycles. The first kappa shape index (κ1) is 58.0. The molecule has 11 aromatic carbocycles. The highest BCUT2D eigenvalue weighted by atomic mass is 32.2. The molecule has 100 heavy (non-hydrogen) atoms. The van der Waals surface area contributed by atoms with Crippen molar-refractivity contribution in [2.24, 2.45) is 10.2 Å². The smallest absolute Gasteiger partial charge is 0.163 e. The molecule has 9 heterocycles. The van der Waals surface area contributed by atoms with E-state index < -0.39 is 0 Å². The van der Waals surface area contributed by atoms with Crippen LogP contribution in [0.2, 0.25) is 0 Å². The number of anilines is 3. The second-order valence-corrected chi connectivity index (χ2v) is 27.3. The molecule has 4 unspecified atom stereocenters. The van der Waals surface area contributed by atoms with Crippen LogP contribution in [0, 0.1) is 0 Å². The number of benzene rings is 11. The Labute approximate surface area is 578 Å². The molecule has 16 aromatic rings. The maximum absolute atomic E-state index is 5.65. The fourth-order valence-electron chi connectivity index (χ4n) is 16.0. The summed E-state index contributed by atoms with van der Waals surface area (Å²) in [7, 11) is 0. The van der Waals surface area contributed by atoms with E-state index in [1.165, 1.54) is 27.8 Å². The van der Waals surface area contributed by atoms with E-state index in [0.717, 1.165) is 152 Å². The quantitative estimate of drug-likeness (QED) is 0.0855. The molecule has 0 radical (unpaired) electrons. The Morgan fingerprint density at radius 2 is 1.26 bits per heavy atom. The number of hydrogen-bond acceptors (Lipinski definition) is 13. The molecule has 0 spiro atoms.